The van der Waals surface area contributed by atoms with Crippen molar-refractivity contribution in [1.29, 1.82) is 0 Å². The lowest BCUT2D eigenvalue weighted by Gasteiger charge is -2.22. The van der Waals surface area contributed by atoms with Crippen LogP contribution in [0.25, 0.3) is 10.9 Å². The summed E-state index contributed by atoms with van der Waals surface area (Å²) in [6, 6.07) is 16.8. The van der Waals surface area contributed by atoms with E-state index in [1.807, 2.05) is 25.1 Å². The van der Waals surface area contributed by atoms with Crippen LogP contribution >= 0.6 is 0 Å². The molecule has 0 saturated carbocycles. The van der Waals surface area contributed by atoms with E-state index in [1.54, 1.807) is 36.7 Å². The number of sulfonamides is 1. The topological polar surface area (TPSA) is 100 Å². The highest BCUT2D eigenvalue weighted by atomic mass is 32.2. The van der Waals surface area contributed by atoms with Gasteiger partial charge in [-0.25, -0.2) is 8.42 Å². The Hall–Kier alpha value is -3.62. The predicted octanol–water partition coefficient (Wildman–Crippen LogP) is 3.83. The largest absolute Gasteiger partial charge is 0.322 e. The minimum atomic E-state index is -4.03. The zero-order valence-electron chi connectivity index (χ0n) is 18.3. The molecule has 2 aromatic heterocycles. The fraction of sp³-hybridized carbons (Fsp3) is 0.160. The Morgan fingerprint density at radius 1 is 1.03 bits per heavy atom. The number of ketones is 1. The summed E-state index contributed by atoms with van der Waals surface area (Å²) in [6.45, 7) is 3.22. The molecule has 0 unspecified atom stereocenters. The number of H-pyrrole nitrogens is 1. The van der Waals surface area contributed by atoms with Crippen molar-refractivity contribution in [2.45, 2.75) is 31.8 Å². The molecule has 0 bridgehead atoms. The number of hydrogen-bond acceptors (Lipinski definition) is 5. The summed E-state index contributed by atoms with van der Waals surface area (Å²) in [6.07, 6.45) is 3.19. The van der Waals surface area contributed by atoms with Gasteiger partial charge in [-0.1, -0.05) is 29.8 Å². The number of aromatic nitrogens is 2. The maximum Gasteiger partial charge on any atom is 0.252 e. The minimum absolute atomic E-state index is 0.00727. The maximum absolute atomic E-state index is 13.6. The second-order valence-electron chi connectivity index (χ2n) is 7.93. The highest BCUT2D eigenvalue weighted by molar-refractivity contribution is 7.89. The van der Waals surface area contributed by atoms with Gasteiger partial charge in [0.2, 0.25) is 10.0 Å². The van der Waals surface area contributed by atoms with Crippen LogP contribution in [0.2, 0.25) is 0 Å². The van der Waals surface area contributed by atoms with Gasteiger partial charge in [0.1, 0.15) is 0 Å². The van der Waals surface area contributed by atoms with Crippen molar-refractivity contribution in [3.05, 3.63) is 106 Å². The zero-order valence-corrected chi connectivity index (χ0v) is 19.1. The molecular formula is C25H23N3O4S. The van der Waals surface area contributed by atoms with E-state index in [-0.39, 0.29) is 29.3 Å². The first-order valence-corrected chi connectivity index (χ1v) is 11.8. The third kappa shape index (κ3) is 4.92. The molecule has 0 aliphatic carbocycles. The molecule has 0 fully saturated rings. The van der Waals surface area contributed by atoms with Gasteiger partial charge in [-0.3, -0.25) is 14.6 Å². The summed E-state index contributed by atoms with van der Waals surface area (Å²) in [5, 5.41) is 0.821. The quantitative estimate of drug-likeness (QED) is 0.422. The number of nitrogens with zero attached hydrogens (tertiary/aromatic N) is 2. The van der Waals surface area contributed by atoms with Gasteiger partial charge in [-0.15, -0.1) is 0 Å². The van der Waals surface area contributed by atoms with Crippen LogP contribution in [-0.2, 0) is 23.1 Å². The van der Waals surface area contributed by atoms with Crippen molar-refractivity contribution in [3.63, 3.8) is 0 Å². The summed E-state index contributed by atoms with van der Waals surface area (Å²) in [5.41, 5.74) is 2.67. The second-order valence-corrected chi connectivity index (χ2v) is 9.87. The summed E-state index contributed by atoms with van der Waals surface area (Å²) < 4.78 is 28.5. The average molecular weight is 462 g/mol. The third-order valence-electron chi connectivity index (χ3n) is 5.38. The first-order valence-electron chi connectivity index (χ1n) is 10.4. The number of carbonyl (C=O) groups excluding carboxylic acids is 1. The summed E-state index contributed by atoms with van der Waals surface area (Å²) in [5.74, 6) is -0.229. The van der Waals surface area contributed by atoms with E-state index < -0.39 is 10.0 Å². The number of pyridine rings is 2. The third-order valence-corrected chi connectivity index (χ3v) is 7.17. The molecule has 0 aliphatic heterocycles. The van der Waals surface area contributed by atoms with Crippen LogP contribution in [0.15, 0.2) is 82.7 Å². The molecule has 0 radical (unpaired) electrons. The molecule has 0 spiro atoms. The molecule has 4 rings (SSSR count). The number of aryl methyl sites for hydroxylation is 1. The van der Waals surface area contributed by atoms with Crippen LogP contribution in [0.4, 0.5) is 0 Å². The number of fused-ring (bicyclic) bond motifs is 1. The van der Waals surface area contributed by atoms with Crippen molar-refractivity contribution in [2.75, 3.05) is 0 Å². The SMILES string of the molecule is CC(=O)c1cccc(S(=O)(=O)N(Cc2cccnc2)Cc2cc3cc(C)ccc3[nH]c2=O)c1. The standard InChI is InChI=1S/C25H23N3O4S/c1-17-8-9-24-21(11-17)12-22(25(30)27-24)16-28(15-19-5-4-10-26-14-19)33(31,32)23-7-3-6-20(13-23)18(2)29/h3-14H,15-16H2,1-2H3,(H,27,30). The number of carbonyl (C=O) groups is 1. The van der Waals surface area contributed by atoms with Gasteiger partial charge in [-0.2, -0.15) is 4.31 Å². The van der Waals surface area contributed by atoms with Crippen LogP contribution < -0.4 is 5.56 Å². The summed E-state index contributed by atoms with van der Waals surface area (Å²) in [4.78, 5) is 31.5. The van der Waals surface area contributed by atoms with E-state index in [0.717, 1.165) is 10.9 Å². The van der Waals surface area contributed by atoms with Gasteiger partial charge in [0.05, 0.1) is 4.90 Å². The Bertz CT molecular complexity index is 1500. The van der Waals surface area contributed by atoms with E-state index in [1.165, 1.54) is 29.4 Å². The van der Waals surface area contributed by atoms with Crippen LogP contribution in [0.1, 0.15) is 34.0 Å². The van der Waals surface area contributed by atoms with Crippen molar-refractivity contribution in [1.82, 2.24) is 14.3 Å². The number of hydrogen-bond donors (Lipinski definition) is 1. The number of Topliss-reactive ketones (excluding diaryl/α,β-unsaturated/α-hetero) is 1. The Kier molecular flexibility index (Phi) is 6.22. The highest BCUT2D eigenvalue weighted by Crippen LogP contribution is 2.22. The molecule has 8 heteroatoms. The molecule has 0 amide bonds. The summed E-state index contributed by atoms with van der Waals surface area (Å²) >= 11 is 0. The molecular weight excluding hydrogens is 438 g/mol. The van der Waals surface area contributed by atoms with Gasteiger partial charge in [0.25, 0.3) is 5.56 Å². The maximum atomic E-state index is 13.6. The molecule has 0 saturated heterocycles. The molecule has 1 N–H and O–H groups in total. The van der Waals surface area contributed by atoms with E-state index in [9.17, 15) is 18.0 Å². The van der Waals surface area contributed by atoms with Crippen molar-refractivity contribution in [2.24, 2.45) is 0 Å². The number of rotatable bonds is 7. The lowest BCUT2D eigenvalue weighted by Crippen LogP contribution is -2.32. The molecule has 7 nitrogen and oxygen atoms in total. The van der Waals surface area contributed by atoms with Crippen LogP contribution in [0.5, 0.6) is 0 Å². The average Bonchev–Trinajstić information content (AvgIpc) is 2.80. The minimum Gasteiger partial charge on any atom is -0.322 e. The van der Waals surface area contributed by atoms with Gasteiger partial charge in [-0.05, 0) is 61.2 Å². The van der Waals surface area contributed by atoms with Crippen LogP contribution in [0, 0.1) is 6.92 Å². The van der Waals surface area contributed by atoms with E-state index >= 15 is 0 Å². The normalized spacial score (nSPS) is 11.7. The first-order chi connectivity index (χ1) is 15.7. The second kappa shape index (κ2) is 9.09. The monoisotopic (exact) mass is 461 g/mol. The Morgan fingerprint density at radius 2 is 1.85 bits per heavy atom. The molecule has 0 atom stereocenters. The van der Waals surface area contributed by atoms with E-state index in [4.69, 9.17) is 0 Å². The fourth-order valence-electron chi connectivity index (χ4n) is 3.62. The Balaban J connectivity index is 1.79. The number of aromatic amines is 1. The van der Waals surface area contributed by atoms with E-state index in [0.29, 0.717) is 22.2 Å². The van der Waals surface area contributed by atoms with Gasteiger partial charge >= 0.3 is 0 Å². The molecule has 33 heavy (non-hydrogen) atoms. The first kappa shape index (κ1) is 22.6. The highest BCUT2D eigenvalue weighted by Gasteiger charge is 2.26. The smallest absolute Gasteiger partial charge is 0.252 e. The Labute approximate surface area is 191 Å². The van der Waals surface area contributed by atoms with Crippen LogP contribution in [-0.4, -0.2) is 28.5 Å². The molecule has 0 aliphatic rings. The zero-order chi connectivity index (χ0) is 23.6. The number of benzene rings is 2. The van der Waals surface area contributed by atoms with Crippen molar-refractivity contribution < 1.29 is 13.2 Å². The molecule has 2 heterocycles. The molecule has 4 aromatic rings. The van der Waals surface area contributed by atoms with Crippen LogP contribution in [0.3, 0.4) is 0 Å². The van der Waals surface area contributed by atoms with Crippen molar-refractivity contribution >= 4 is 26.7 Å². The van der Waals surface area contributed by atoms with Crippen molar-refractivity contribution in [3.8, 4) is 0 Å². The van der Waals surface area contributed by atoms with Gasteiger partial charge < -0.3 is 4.98 Å². The molecule has 2 aromatic carbocycles. The van der Waals surface area contributed by atoms with E-state index in [2.05, 4.69) is 9.97 Å². The summed E-state index contributed by atoms with van der Waals surface area (Å²) in [7, 11) is -4.03. The Morgan fingerprint density at radius 3 is 2.58 bits per heavy atom. The lowest BCUT2D eigenvalue weighted by molar-refractivity contribution is 0.101. The molecule has 168 valence electrons. The van der Waals surface area contributed by atoms with Gasteiger partial charge in [0, 0.05) is 42.1 Å². The predicted molar refractivity (Wildman–Crippen MR) is 126 cm³/mol. The van der Waals surface area contributed by atoms with Gasteiger partial charge in [0.15, 0.2) is 5.78 Å². The lowest BCUT2D eigenvalue weighted by atomic mass is 10.1. The fourth-order valence-corrected chi connectivity index (χ4v) is 5.08. The number of nitrogens with one attached hydrogen (secondary N) is 1.